The van der Waals surface area contributed by atoms with Crippen molar-refractivity contribution in [2.24, 2.45) is 5.92 Å². The smallest absolute Gasteiger partial charge is 0.251 e. The van der Waals surface area contributed by atoms with Gasteiger partial charge < -0.3 is 9.88 Å². The maximum absolute atomic E-state index is 12.6. The third-order valence-corrected chi connectivity index (χ3v) is 4.98. The molecule has 0 spiro atoms. The van der Waals surface area contributed by atoms with Crippen LogP contribution in [-0.2, 0) is 6.54 Å². The van der Waals surface area contributed by atoms with E-state index in [1.165, 1.54) is 0 Å². The van der Waals surface area contributed by atoms with Gasteiger partial charge in [0, 0.05) is 16.6 Å². The lowest BCUT2D eigenvalue weighted by Gasteiger charge is -2.17. The highest BCUT2D eigenvalue weighted by molar-refractivity contribution is 9.10. The summed E-state index contributed by atoms with van der Waals surface area (Å²) >= 11 is 3.40. The fraction of sp³-hybridized carbons (Fsp3) is 0.333. The number of benzene rings is 2. The zero-order valence-corrected chi connectivity index (χ0v) is 17.0. The second-order valence-electron chi connectivity index (χ2n) is 6.99. The average Bonchev–Trinajstić information content (AvgIpc) is 2.99. The largest absolute Gasteiger partial charge is 0.342 e. The van der Waals surface area contributed by atoms with Crippen LogP contribution in [0.25, 0.3) is 11.0 Å². The lowest BCUT2D eigenvalue weighted by molar-refractivity contribution is 0.0937. The van der Waals surface area contributed by atoms with Gasteiger partial charge in [-0.25, -0.2) is 4.98 Å². The zero-order valence-electron chi connectivity index (χ0n) is 15.4. The third kappa shape index (κ3) is 4.15. The molecule has 1 aromatic heterocycles. The van der Waals surface area contributed by atoms with Crippen molar-refractivity contribution < 1.29 is 4.79 Å². The summed E-state index contributed by atoms with van der Waals surface area (Å²) in [6.07, 6.45) is 1.07. The molecule has 136 valence electrons. The number of aryl methyl sites for hydroxylation is 1. The van der Waals surface area contributed by atoms with Gasteiger partial charge >= 0.3 is 0 Å². The molecule has 0 aliphatic heterocycles. The van der Waals surface area contributed by atoms with Crippen molar-refractivity contribution in [2.45, 2.75) is 39.8 Å². The second-order valence-corrected chi connectivity index (χ2v) is 7.91. The number of hydrogen-bond acceptors (Lipinski definition) is 2. The first-order valence-electron chi connectivity index (χ1n) is 8.97. The van der Waals surface area contributed by atoms with E-state index in [0.717, 1.165) is 34.3 Å². The molecular weight excluding hydrogens is 390 g/mol. The van der Waals surface area contributed by atoms with Crippen molar-refractivity contribution in [3.8, 4) is 0 Å². The van der Waals surface area contributed by atoms with Gasteiger partial charge in [-0.15, -0.1) is 0 Å². The molecule has 1 unspecified atom stereocenters. The van der Waals surface area contributed by atoms with Crippen LogP contribution in [0.1, 0.15) is 49.4 Å². The fourth-order valence-corrected chi connectivity index (χ4v) is 3.26. The molecule has 0 aliphatic rings. The van der Waals surface area contributed by atoms with Gasteiger partial charge in [-0.2, -0.15) is 0 Å². The lowest BCUT2D eigenvalue weighted by atomic mass is 10.1. The zero-order chi connectivity index (χ0) is 18.7. The summed E-state index contributed by atoms with van der Waals surface area (Å²) in [5, 5.41) is 3.08. The van der Waals surface area contributed by atoms with Gasteiger partial charge in [-0.1, -0.05) is 41.9 Å². The molecule has 1 N–H and O–H groups in total. The Morgan fingerprint density at radius 2 is 1.81 bits per heavy atom. The Morgan fingerprint density at radius 1 is 1.12 bits per heavy atom. The van der Waals surface area contributed by atoms with Crippen LogP contribution in [0.5, 0.6) is 0 Å². The second kappa shape index (κ2) is 8.04. The molecule has 26 heavy (non-hydrogen) atoms. The molecule has 1 atom stereocenters. The average molecular weight is 414 g/mol. The van der Waals surface area contributed by atoms with Crippen molar-refractivity contribution in [3.05, 3.63) is 64.4 Å². The number of amides is 1. The number of imidazole rings is 1. The van der Waals surface area contributed by atoms with Gasteiger partial charge in [0.2, 0.25) is 0 Å². The maximum Gasteiger partial charge on any atom is 0.251 e. The fourth-order valence-electron chi connectivity index (χ4n) is 2.99. The minimum atomic E-state index is -0.175. The first-order chi connectivity index (χ1) is 12.5. The summed E-state index contributed by atoms with van der Waals surface area (Å²) in [7, 11) is 0. The number of nitrogens with one attached hydrogen (secondary N) is 1. The molecule has 1 heterocycles. The quantitative estimate of drug-likeness (QED) is 0.592. The molecule has 2 aromatic carbocycles. The van der Waals surface area contributed by atoms with E-state index in [1.54, 1.807) is 0 Å². The Hall–Kier alpha value is -2.14. The number of rotatable bonds is 6. The van der Waals surface area contributed by atoms with E-state index >= 15 is 0 Å². The number of aromatic nitrogens is 2. The Bertz CT molecular complexity index is 899. The molecule has 0 saturated heterocycles. The standard InChI is InChI=1S/C21H24BrN3O/c1-14(2)12-13-25-19-7-5-4-6-18(19)24-20(25)15(3)23-21(26)16-8-10-17(22)11-9-16/h4-11,14-15H,12-13H2,1-3H3,(H,23,26). The van der Waals surface area contributed by atoms with Crippen LogP contribution in [0, 0.1) is 5.92 Å². The predicted octanol–water partition coefficient (Wildman–Crippen LogP) is 5.34. The topological polar surface area (TPSA) is 46.9 Å². The van der Waals surface area contributed by atoms with E-state index in [9.17, 15) is 4.79 Å². The number of nitrogens with zero attached hydrogens (tertiary/aromatic N) is 2. The van der Waals surface area contributed by atoms with Crippen LogP contribution in [0.15, 0.2) is 53.0 Å². The summed E-state index contributed by atoms with van der Waals surface area (Å²) in [6, 6.07) is 15.3. The highest BCUT2D eigenvalue weighted by atomic mass is 79.9. The van der Waals surface area contributed by atoms with Gasteiger partial charge in [0.05, 0.1) is 17.1 Å². The molecular formula is C21H24BrN3O. The molecule has 4 nitrogen and oxygen atoms in total. The molecule has 3 rings (SSSR count). The SMILES string of the molecule is CC(C)CCn1c(C(C)NC(=O)c2ccc(Br)cc2)nc2ccccc21. The van der Waals surface area contributed by atoms with Gasteiger partial charge in [0.25, 0.3) is 5.91 Å². The maximum atomic E-state index is 12.6. The Labute approximate surface area is 162 Å². The minimum absolute atomic E-state index is 0.0903. The van der Waals surface area contributed by atoms with Crippen LogP contribution in [0.2, 0.25) is 0 Å². The molecule has 3 aromatic rings. The number of hydrogen-bond donors (Lipinski definition) is 1. The van der Waals surface area contributed by atoms with Crippen LogP contribution in [0.4, 0.5) is 0 Å². The normalized spacial score (nSPS) is 12.5. The van der Waals surface area contributed by atoms with Crippen molar-refractivity contribution in [3.63, 3.8) is 0 Å². The van der Waals surface area contributed by atoms with Crippen molar-refractivity contribution >= 4 is 32.9 Å². The Kier molecular flexibility index (Phi) is 5.77. The van der Waals surface area contributed by atoms with Crippen molar-refractivity contribution in [2.75, 3.05) is 0 Å². The molecule has 5 heteroatoms. The molecule has 1 amide bonds. The number of halogens is 1. The highest BCUT2D eigenvalue weighted by Crippen LogP contribution is 2.22. The Morgan fingerprint density at radius 3 is 2.50 bits per heavy atom. The number of carbonyl (C=O) groups is 1. The van der Waals surface area contributed by atoms with E-state index in [2.05, 4.69) is 45.7 Å². The lowest BCUT2D eigenvalue weighted by Crippen LogP contribution is -2.28. The molecule has 0 aliphatic carbocycles. The molecule has 0 bridgehead atoms. The monoisotopic (exact) mass is 413 g/mol. The van der Waals surface area contributed by atoms with Crippen molar-refractivity contribution in [1.82, 2.24) is 14.9 Å². The molecule has 0 fully saturated rings. The van der Waals surface area contributed by atoms with Crippen LogP contribution < -0.4 is 5.32 Å². The molecule has 0 saturated carbocycles. The highest BCUT2D eigenvalue weighted by Gasteiger charge is 2.19. The predicted molar refractivity (Wildman–Crippen MR) is 109 cm³/mol. The van der Waals surface area contributed by atoms with E-state index < -0.39 is 0 Å². The summed E-state index contributed by atoms with van der Waals surface area (Å²) < 4.78 is 3.19. The van der Waals surface area contributed by atoms with Gasteiger partial charge in [0.15, 0.2) is 0 Å². The van der Waals surface area contributed by atoms with Gasteiger partial charge in [-0.05, 0) is 55.7 Å². The summed E-state index contributed by atoms with van der Waals surface area (Å²) in [5.41, 5.74) is 2.73. The van der Waals surface area contributed by atoms with Crippen LogP contribution >= 0.6 is 15.9 Å². The first-order valence-corrected chi connectivity index (χ1v) is 9.76. The Balaban J connectivity index is 1.86. The van der Waals surface area contributed by atoms with Gasteiger partial charge in [-0.3, -0.25) is 4.79 Å². The summed E-state index contributed by atoms with van der Waals surface area (Å²) in [6.45, 7) is 7.32. The van der Waals surface area contributed by atoms with Crippen LogP contribution in [-0.4, -0.2) is 15.5 Å². The minimum Gasteiger partial charge on any atom is -0.342 e. The number of para-hydroxylation sites is 2. The van der Waals surface area contributed by atoms with Crippen molar-refractivity contribution in [1.29, 1.82) is 0 Å². The van der Waals surface area contributed by atoms with E-state index in [1.807, 2.05) is 49.4 Å². The number of fused-ring (bicyclic) bond motifs is 1. The first kappa shape index (κ1) is 18.6. The van der Waals surface area contributed by atoms with E-state index in [4.69, 9.17) is 4.98 Å². The summed E-state index contributed by atoms with van der Waals surface area (Å²) in [4.78, 5) is 17.4. The van der Waals surface area contributed by atoms with Gasteiger partial charge in [0.1, 0.15) is 5.82 Å². The van der Waals surface area contributed by atoms with E-state index in [0.29, 0.717) is 11.5 Å². The van der Waals surface area contributed by atoms with E-state index in [-0.39, 0.29) is 11.9 Å². The number of carbonyl (C=O) groups excluding carboxylic acids is 1. The third-order valence-electron chi connectivity index (χ3n) is 4.46. The summed E-state index contributed by atoms with van der Waals surface area (Å²) in [5.74, 6) is 1.42. The molecule has 0 radical (unpaired) electrons. The van der Waals surface area contributed by atoms with Crippen LogP contribution in [0.3, 0.4) is 0 Å².